The van der Waals surface area contributed by atoms with E-state index < -0.39 is 0 Å². The summed E-state index contributed by atoms with van der Waals surface area (Å²) in [6.45, 7) is 0. The molecule has 27 heavy (non-hydrogen) atoms. The lowest BCUT2D eigenvalue weighted by molar-refractivity contribution is 1.13. The Morgan fingerprint density at radius 1 is 0.667 bits per heavy atom. The van der Waals surface area contributed by atoms with Crippen molar-refractivity contribution in [3.05, 3.63) is 85.1 Å². The molecular weight excluding hydrogens is 332 g/mol. The Balaban J connectivity index is 1.80. The second kappa shape index (κ2) is 5.35. The second-order valence-corrected chi connectivity index (χ2v) is 6.63. The largest absolute Gasteiger partial charge is 0.274 e. The number of nitrogens with zero attached hydrogens (tertiary/aromatic N) is 4. The van der Waals surface area contributed by atoms with Crippen molar-refractivity contribution < 1.29 is 0 Å². The Morgan fingerprint density at radius 3 is 2.33 bits per heavy atom. The first-order chi connectivity index (χ1) is 13.4. The van der Waals surface area contributed by atoms with Crippen LogP contribution in [0.4, 0.5) is 0 Å². The first-order valence-electron chi connectivity index (χ1n) is 8.90. The number of hydrogen-bond acceptors (Lipinski definition) is 3. The smallest absolute Gasteiger partial charge is 0.165 e. The third-order valence-electron chi connectivity index (χ3n) is 5.00. The maximum atomic E-state index is 4.96. The van der Waals surface area contributed by atoms with E-state index in [9.17, 15) is 0 Å². The molecule has 4 heteroatoms. The van der Waals surface area contributed by atoms with E-state index in [1.165, 1.54) is 0 Å². The predicted octanol–water partition coefficient (Wildman–Crippen LogP) is 5.25. The molecule has 0 amide bonds. The SMILES string of the molecule is c1ccc2cc(-c3nc4ccccc4c4nc5ccccc5n34)ncc2c1. The molecule has 0 atom stereocenters. The molecule has 0 saturated carbocycles. The van der Waals surface area contributed by atoms with Crippen molar-refractivity contribution in [2.45, 2.75) is 0 Å². The zero-order valence-corrected chi connectivity index (χ0v) is 14.4. The molecule has 3 heterocycles. The van der Waals surface area contributed by atoms with Gasteiger partial charge in [-0.25, -0.2) is 9.97 Å². The Bertz CT molecular complexity index is 1480. The summed E-state index contributed by atoms with van der Waals surface area (Å²) in [5, 5.41) is 3.31. The molecule has 3 aromatic carbocycles. The van der Waals surface area contributed by atoms with Crippen molar-refractivity contribution in [2.75, 3.05) is 0 Å². The lowest BCUT2D eigenvalue weighted by atomic mass is 10.1. The summed E-state index contributed by atoms with van der Waals surface area (Å²) in [6.07, 6.45) is 1.91. The van der Waals surface area contributed by atoms with Gasteiger partial charge in [-0.05, 0) is 35.7 Å². The van der Waals surface area contributed by atoms with Gasteiger partial charge in [-0.2, -0.15) is 0 Å². The second-order valence-electron chi connectivity index (χ2n) is 6.63. The summed E-state index contributed by atoms with van der Waals surface area (Å²) >= 11 is 0. The first kappa shape index (κ1) is 14.4. The highest BCUT2D eigenvalue weighted by Gasteiger charge is 2.15. The van der Waals surface area contributed by atoms with Crippen LogP contribution in [-0.4, -0.2) is 19.4 Å². The van der Waals surface area contributed by atoms with Crippen LogP contribution in [0, 0.1) is 0 Å². The Hall–Kier alpha value is -3.79. The minimum Gasteiger partial charge on any atom is -0.274 e. The molecule has 126 valence electrons. The summed E-state index contributed by atoms with van der Waals surface area (Å²) in [4.78, 5) is 14.6. The number of fused-ring (bicyclic) bond motifs is 6. The van der Waals surface area contributed by atoms with Gasteiger partial charge in [-0.1, -0.05) is 48.5 Å². The Kier molecular flexibility index (Phi) is 2.85. The van der Waals surface area contributed by atoms with E-state index in [1.807, 2.05) is 54.7 Å². The molecule has 0 aliphatic heterocycles. The zero-order valence-electron chi connectivity index (χ0n) is 14.4. The fourth-order valence-electron chi connectivity index (χ4n) is 3.72. The van der Waals surface area contributed by atoms with E-state index in [1.54, 1.807) is 0 Å². The fourth-order valence-corrected chi connectivity index (χ4v) is 3.72. The monoisotopic (exact) mass is 346 g/mol. The quantitative estimate of drug-likeness (QED) is 0.408. The Morgan fingerprint density at radius 2 is 1.41 bits per heavy atom. The average molecular weight is 346 g/mol. The highest BCUT2D eigenvalue weighted by molar-refractivity contribution is 5.98. The van der Waals surface area contributed by atoms with Crippen LogP contribution in [0.15, 0.2) is 85.1 Å². The maximum Gasteiger partial charge on any atom is 0.165 e. The topological polar surface area (TPSA) is 43.1 Å². The van der Waals surface area contributed by atoms with E-state index in [-0.39, 0.29) is 0 Å². The molecule has 6 rings (SSSR count). The standard InChI is InChI=1S/C23H14N4/c1-2-8-16-14-24-20(13-15(16)7-1)23-25-18-10-4-3-9-17(18)22-26-19-11-5-6-12-21(19)27(22)23/h1-14H. The van der Waals surface area contributed by atoms with E-state index in [0.29, 0.717) is 0 Å². The summed E-state index contributed by atoms with van der Waals surface area (Å²) in [6, 6.07) is 26.6. The molecular formula is C23H14N4. The van der Waals surface area contributed by atoms with Crippen LogP contribution in [0.5, 0.6) is 0 Å². The summed E-state index contributed by atoms with van der Waals surface area (Å²) < 4.78 is 2.12. The number of para-hydroxylation sites is 3. The van der Waals surface area contributed by atoms with Crippen molar-refractivity contribution in [2.24, 2.45) is 0 Å². The van der Waals surface area contributed by atoms with E-state index in [4.69, 9.17) is 15.0 Å². The molecule has 0 N–H and O–H groups in total. The van der Waals surface area contributed by atoms with Gasteiger partial charge >= 0.3 is 0 Å². The highest BCUT2D eigenvalue weighted by Crippen LogP contribution is 2.29. The zero-order chi connectivity index (χ0) is 17.8. The molecule has 0 saturated heterocycles. The lowest BCUT2D eigenvalue weighted by Gasteiger charge is -2.09. The van der Waals surface area contributed by atoms with E-state index >= 15 is 0 Å². The normalized spacial score (nSPS) is 11.7. The molecule has 0 spiro atoms. The number of aromatic nitrogens is 4. The molecule has 0 aliphatic rings. The predicted molar refractivity (Wildman–Crippen MR) is 109 cm³/mol. The van der Waals surface area contributed by atoms with Crippen LogP contribution in [0.1, 0.15) is 0 Å². The molecule has 0 radical (unpaired) electrons. The van der Waals surface area contributed by atoms with Gasteiger partial charge in [-0.3, -0.25) is 9.38 Å². The minimum atomic E-state index is 0.808. The number of pyridine rings is 1. The Labute approximate surface area is 154 Å². The van der Waals surface area contributed by atoms with Crippen molar-refractivity contribution in [1.82, 2.24) is 19.4 Å². The van der Waals surface area contributed by atoms with Crippen LogP contribution < -0.4 is 0 Å². The van der Waals surface area contributed by atoms with Gasteiger partial charge in [0.1, 0.15) is 11.3 Å². The highest BCUT2D eigenvalue weighted by atomic mass is 15.1. The van der Waals surface area contributed by atoms with E-state index in [0.717, 1.165) is 49.9 Å². The number of benzene rings is 3. The molecule has 3 aromatic heterocycles. The average Bonchev–Trinajstić information content (AvgIpc) is 3.13. The van der Waals surface area contributed by atoms with Crippen molar-refractivity contribution >= 4 is 38.4 Å². The van der Waals surface area contributed by atoms with Crippen LogP contribution >= 0.6 is 0 Å². The van der Waals surface area contributed by atoms with Gasteiger partial charge in [0.05, 0.1) is 16.6 Å². The molecule has 6 aromatic rings. The minimum absolute atomic E-state index is 0.808. The molecule has 0 bridgehead atoms. The van der Waals surface area contributed by atoms with Gasteiger partial charge in [-0.15, -0.1) is 0 Å². The van der Waals surface area contributed by atoms with Crippen LogP contribution in [0.3, 0.4) is 0 Å². The van der Waals surface area contributed by atoms with Gasteiger partial charge in [0.2, 0.25) is 0 Å². The van der Waals surface area contributed by atoms with Crippen molar-refractivity contribution in [3.63, 3.8) is 0 Å². The molecule has 0 fully saturated rings. The van der Waals surface area contributed by atoms with Gasteiger partial charge in [0.15, 0.2) is 5.82 Å². The van der Waals surface area contributed by atoms with Crippen LogP contribution in [-0.2, 0) is 0 Å². The molecule has 4 nitrogen and oxygen atoms in total. The summed E-state index contributed by atoms with van der Waals surface area (Å²) in [5.74, 6) is 0.808. The van der Waals surface area contributed by atoms with Crippen molar-refractivity contribution in [1.29, 1.82) is 0 Å². The maximum absolute atomic E-state index is 4.96. The third-order valence-corrected chi connectivity index (χ3v) is 5.00. The number of hydrogen-bond donors (Lipinski definition) is 0. The third kappa shape index (κ3) is 2.07. The number of imidazole rings is 1. The molecule has 0 aliphatic carbocycles. The number of rotatable bonds is 1. The van der Waals surface area contributed by atoms with Crippen LogP contribution in [0.2, 0.25) is 0 Å². The van der Waals surface area contributed by atoms with Crippen LogP contribution in [0.25, 0.3) is 49.9 Å². The van der Waals surface area contributed by atoms with E-state index in [2.05, 4.69) is 34.7 Å². The summed E-state index contributed by atoms with van der Waals surface area (Å²) in [7, 11) is 0. The molecule has 0 unspecified atom stereocenters. The lowest BCUT2D eigenvalue weighted by Crippen LogP contribution is -1.99. The fraction of sp³-hybridized carbons (Fsp3) is 0. The van der Waals surface area contributed by atoms with Crippen molar-refractivity contribution in [3.8, 4) is 11.5 Å². The first-order valence-corrected chi connectivity index (χ1v) is 8.90. The summed E-state index contributed by atoms with van der Waals surface area (Å²) in [5.41, 5.74) is 4.66. The van der Waals surface area contributed by atoms with Gasteiger partial charge < -0.3 is 0 Å². The van der Waals surface area contributed by atoms with Gasteiger partial charge in [0, 0.05) is 17.0 Å². The van der Waals surface area contributed by atoms with Gasteiger partial charge in [0.25, 0.3) is 0 Å².